The minimum Gasteiger partial charge on any atom is -0.329 e. The quantitative estimate of drug-likeness (QED) is 0.642. The molecule has 1 aliphatic rings. The van der Waals surface area contributed by atoms with E-state index in [0.717, 1.165) is 16.8 Å². The number of nitrogens with one attached hydrogen (secondary N) is 2. The first-order chi connectivity index (χ1) is 13.6. The second-order valence-corrected chi connectivity index (χ2v) is 6.84. The molecule has 3 aromatic rings. The van der Waals surface area contributed by atoms with E-state index in [4.69, 9.17) is 11.6 Å². The third kappa shape index (κ3) is 3.97. The van der Waals surface area contributed by atoms with Crippen molar-refractivity contribution in [2.75, 3.05) is 10.6 Å². The number of rotatable bonds is 4. The maximum atomic E-state index is 12.2. The molecule has 0 fully saturated rings. The molecule has 0 bridgehead atoms. The van der Waals surface area contributed by atoms with E-state index in [-0.39, 0.29) is 17.9 Å². The molecule has 1 aliphatic heterocycles. The van der Waals surface area contributed by atoms with Gasteiger partial charge in [0, 0.05) is 16.8 Å². The van der Waals surface area contributed by atoms with Gasteiger partial charge in [-0.05, 0) is 42.3 Å². The van der Waals surface area contributed by atoms with Gasteiger partial charge in [-0.15, -0.1) is 5.10 Å². The van der Waals surface area contributed by atoms with Crippen LogP contribution in [0.25, 0.3) is 6.08 Å². The van der Waals surface area contributed by atoms with Crippen LogP contribution in [0.2, 0.25) is 5.02 Å². The van der Waals surface area contributed by atoms with Crippen LogP contribution in [-0.2, 0) is 4.79 Å². The van der Waals surface area contributed by atoms with Gasteiger partial charge in [-0.1, -0.05) is 54.1 Å². The molecule has 1 atom stereocenters. The number of fused-ring (bicyclic) bond motifs is 1. The number of hydrogen-bond acceptors (Lipinski definition) is 4. The van der Waals surface area contributed by atoms with Gasteiger partial charge in [0.05, 0.1) is 0 Å². The van der Waals surface area contributed by atoms with Gasteiger partial charge in [-0.2, -0.15) is 4.98 Å². The van der Waals surface area contributed by atoms with Crippen LogP contribution in [0.4, 0.5) is 11.9 Å². The van der Waals surface area contributed by atoms with E-state index >= 15 is 0 Å². The van der Waals surface area contributed by atoms with Crippen molar-refractivity contribution in [3.8, 4) is 0 Å². The highest BCUT2D eigenvalue weighted by Gasteiger charge is 2.23. The molecule has 6 nitrogen and oxygen atoms in total. The molecule has 0 radical (unpaired) electrons. The molecule has 7 heteroatoms. The van der Waals surface area contributed by atoms with Crippen molar-refractivity contribution >= 4 is 35.5 Å². The number of halogens is 1. The van der Waals surface area contributed by atoms with Crippen LogP contribution in [0, 0.1) is 0 Å². The topological polar surface area (TPSA) is 71.8 Å². The zero-order valence-corrected chi connectivity index (χ0v) is 15.9. The molecule has 2 aromatic carbocycles. The number of hydrogen-bond donors (Lipinski definition) is 2. The Labute approximate surface area is 167 Å². The minimum absolute atomic E-state index is 0.0831. The van der Waals surface area contributed by atoms with Crippen LogP contribution in [0.1, 0.15) is 24.1 Å². The first-order valence-corrected chi connectivity index (χ1v) is 9.18. The van der Waals surface area contributed by atoms with E-state index in [9.17, 15) is 4.79 Å². The van der Waals surface area contributed by atoms with E-state index in [1.54, 1.807) is 22.9 Å². The molecule has 0 unspecified atom stereocenters. The number of carbonyl (C=O) groups is 1. The highest BCUT2D eigenvalue weighted by atomic mass is 35.5. The number of carbonyl (C=O) groups excluding carboxylic acids is 1. The van der Waals surface area contributed by atoms with Gasteiger partial charge in [0.15, 0.2) is 0 Å². The molecule has 2 heterocycles. The fourth-order valence-electron chi connectivity index (χ4n) is 2.97. The number of anilines is 2. The Morgan fingerprint density at radius 1 is 1.18 bits per heavy atom. The number of nitrogens with zero attached hydrogens (tertiary/aromatic N) is 3. The summed E-state index contributed by atoms with van der Waals surface area (Å²) in [6.45, 7) is 1.97. The third-order valence-electron chi connectivity index (χ3n) is 4.28. The largest absolute Gasteiger partial charge is 0.329 e. The summed E-state index contributed by atoms with van der Waals surface area (Å²) in [5, 5.41) is 11.0. The molecule has 140 valence electrons. The molecule has 0 saturated carbocycles. The summed E-state index contributed by atoms with van der Waals surface area (Å²) in [5.41, 5.74) is 2.95. The second-order valence-electron chi connectivity index (χ2n) is 6.41. The molecule has 2 N–H and O–H groups in total. The molecule has 0 aliphatic carbocycles. The van der Waals surface area contributed by atoms with E-state index in [1.165, 1.54) is 6.08 Å². The van der Waals surface area contributed by atoms with Crippen molar-refractivity contribution in [2.45, 2.75) is 13.0 Å². The van der Waals surface area contributed by atoms with E-state index in [2.05, 4.69) is 26.8 Å². The summed E-state index contributed by atoms with van der Waals surface area (Å²) in [5.74, 6) is 0.530. The lowest BCUT2D eigenvalue weighted by molar-refractivity contribution is -0.111. The second kappa shape index (κ2) is 7.70. The van der Waals surface area contributed by atoms with Gasteiger partial charge in [0.25, 0.3) is 11.9 Å². The van der Waals surface area contributed by atoms with E-state index < -0.39 is 0 Å². The summed E-state index contributed by atoms with van der Waals surface area (Å²) in [4.78, 5) is 16.6. The molecule has 28 heavy (non-hydrogen) atoms. The first-order valence-electron chi connectivity index (χ1n) is 8.80. The van der Waals surface area contributed by atoms with Crippen LogP contribution in [-0.4, -0.2) is 20.7 Å². The monoisotopic (exact) mass is 391 g/mol. The summed E-state index contributed by atoms with van der Waals surface area (Å²) in [6, 6.07) is 17.2. The predicted octanol–water partition coefficient (Wildman–Crippen LogP) is 4.50. The van der Waals surface area contributed by atoms with Gasteiger partial charge in [0.2, 0.25) is 5.95 Å². The molecule has 0 spiro atoms. The Morgan fingerprint density at radius 2 is 1.93 bits per heavy atom. The van der Waals surface area contributed by atoms with Gasteiger partial charge in [-0.3, -0.25) is 10.1 Å². The van der Waals surface area contributed by atoms with Crippen molar-refractivity contribution in [1.29, 1.82) is 0 Å². The Balaban J connectivity index is 1.52. The van der Waals surface area contributed by atoms with Crippen molar-refractivity contribution in [3.05, 3.63) is 88.6 Å². The van der Waals surface area contributed by atoms with Crippen molar-refractivity contribution in [3.63, 3.8) is 0 Å². The molecular formula is C21H18ClN5O. The average Bonchev–Trinajstić information content (AvgIpc) is 3.09. The fourth-order valence-corrected chi connectivity index (χ4v) is 3.09. The van der Waals surface area contributed by atoms with Crippen LogP contribution in [0.15, 0.2) is 72.4 Å². The zero-order chi connectivity index (χ0) is 19.5. The van der Waals surface area contributed by atoms with Gasteiger partial charge in [0.1, 0.15) is 6.04 Å². The third-order valence-corrected chi connectivity index (χ3v) is 4.54. The number of aromatic nitrogens is 3. The maximum absolute atomic E-state index is 12.2. The smallest absolute Gasteiger partial charge is 0.250 e. The Morgan fingerprint density at radius 3 is 2.68 bits per heavy atom. The van der Waals surface area contributed by atoms with Gasteiger partial charge in [-0.25, -0.2) is 4.68 Å². The standard InChI is InChI=1S/C21H18ClN5O/c1-14-13-18(16-5-3-2-4-6-16)27-21(23-14)25-20(26-27)24-19(28)12-9-15-7-10-17(22)11-8-15/h2-13,18H,1H3,(H2,23,24,25,26,28)/b12-9+/t18-/m0/s1. The predicted molar refractivity (Wildman–Crippen MR) is 111 cm³/mol. The van der Waals surface area contributed by atoms with Crippen LogP contribution < -0.4 is 10.6 Å². The van der Waals surface area contributed by atoms with Crippen molar-refractivity contribution < 1.29 is 4.79 Å². The Kier molecular flexibility index (Phi) is 4.95. The molecule has 1 amide bonds. The summed E-state index contributed by atoms with van der Waals surface area (Å²) < 4.78 is 1.76. The number of allylic oxidation sites excluding steroid dienone is 2. The average molecular weight is 392 g/mol. The van der Waals surface area contributed by atoms with Crippen molar-refractivity contribution in [1.82, 2.24) is 14.8 Å². The maximum Gasteiger partial charge on any atom is 0.250 e. The molecule has 0 saturated heterocycles. The molecular weight excluding hydrogens is 374 g/mol. The highest BCUT2D eigenvalue weighted by Crippen LogP contribution is 2.29. The summed E-state index contributed by atoms with van der Waals surface area (Å²) >= 11 is 5.87. The summed E-state index contributed by atoms with van der Waals surface area (Å²) in [7, 11) is 0. The lowest BCUT2D eigenvalue weighted by Gasteiger charge is -2.22. The lowest BCUT2D eigenvalue weighted by atomic mass is 10.1. The Hall–Kier alpha value is -3.38. The molecule has 1 aromatic heterocycles. The Bertz CT molecular complexity index is 1050. The van der Waals surface area contributed by atoms with Crippen LogP contribution >= 0.6 is 11.6 Å². The highest BCUT2D eigenvalue weighted by molar-refractivity contribution is 6.30. The first kappa shape index (κ1) is 18.0. The minimum atomic E-state index is -0.307. The fraction of sp³-hybridized carbons (Fsp3) is 0.0952. The van der Waals surface area contributed by atoms with Gasteiger partial charge >= 0.3 is 0 Å². The van der Waals surface area contributed by atoms with Crippen molar-refractivity contribution in [2.24, 2.45) is 0 Å². The molecule has 4 rings (SSSR count). The zero-order valence-electron chi connectivity index (χ0n) is 15.1. The number of amides is 1. The van der Waals surface area contributed by atoms with E-state index in [1.807, 2.05) is 49.4 Å². The number of benzene rings is 2. The SMILES string of the molecule is CC1=C[C@@H](c2ccccc2)n2nc(NC(=O)/C=C/c3ccc(Cl)cc3)nc2N1. The normalized spacial score (nSPS) is 15.6. The van der Waals surface area contributed by atoms with E-state index in [0.29, 0.717) is 11.0 Å². The lowest BCUT2D eigenvalue weighted by Crippen LogP contribution is -2.19. The van der Waals surface area contributed by atoms with Crippen LogP contribution in [0.5, 0.6) is 0 Å². The van der Waals surface area contributed by atoms with Gasteiger partial charge < -0.3 is 5.32 Å². The summed E-state index contributed by atoms with van der Waals surface area (Å²) in [6.07, 6.45) is 5.22. The van der Waals surface area contributed by atoms with Crippen LogP contribution in [0.3, 0.4) is 0 Å².